The number of thiocarbonyl (C=S) groups is 1. The zero-order valence-electron chi connectivity index (χ0n) is 14.7. The molecule has 0 amide bonds. The number of para-hydroxylation sites is 2. The van der Waals surface area contributed by atoms with E-state index in [0.29, 0.717) is 10.7 Å². The van der Waals surface area contributed by atoms with Crippen LogP contribution in [0.4, 0.5) is 5.69 Å². The highest BCUT2D eigenvalue weighted by atomic mass is 79.9. The predicted octanol–water partition coefficient (Wildman–Crippen LogP) is 5.66. The van der Waals surface area contributed by atoms with Crippen LogP contribution in [0.25, 0.3) is 22.1 Å². The van der Waals surface area contributed by atoms with Crippen molar-refractivity contribution in [3.63, 3.8) is 0 Å². The van der Waals surface area contributed by atoms with Crippen LogP contribution < -0.4 is 16.3 Å². The standard InChI is InChI=1S/C22H16BrN3OS/c23-17-12-10-15(11-13-17)19-14-16-6-4-5-9-20(16)27-21(19)25-26-22(28)24-18-7-2-1-3-8-18/h1-14H,(H2,24,26,28)/b25-21+. The molecule has 0 aliphatic rings. The molecular weight excluding hydrogens is 434 g/mol. The third kappa shape index (κ3) is 4.30. The summed E-state index contributed by atoms with van der Waals surface area (Å²) >= 11 is 8.82. The lowest BCUT2D eigenvalue weighted by Gasteiger charge is -2.08. The highest BCUT2D eigenvalue weighted by Gasteiger charge is 2.07. The molecule has 0 unspecified atom stereocenters. The number of nitrogens with one attached hydrogen (secondary N) is 2. The summed E-state index contributed by atoms with van der Waals surface area (Å²) in [7, 11) is 0. The molecule has 0 aliphatic carbocycles. The third-order valence-corrected chi connectivity index (χ3v) is 4.82. The van der Waals surface area contributed by atoms with Gasteiger partial charge in [0.2, 0.25) is 5.55 Å². The topological polar surface area (TPSA) is 49.6 Å². The molecule has 0 spiro atoms. The van der Waals surface area contributed by atoms with Gasteiger partial charge in [0.15, 0.2) is 5.11 Å². The van der Waals surface area contributed by atoms with Crippen LogP contribution in [-0.2, 0) is 0 Å². The third-order valence-electron chi connectivity index (χ3n) is 4.10. The minimum absolute atomic E-state index is 0.385. The molecule has 0 radical (unpaired) electrons. The van der Waals surface area contributed by atoms with Gasteiger partial charge >= 0.3 is 0 Å². The van der Waals surface area contributed by atoms with E-state index in [-0.39, 0.29) is 0 Å². The number of fused-ring (bicyclic) bond motifs is 1. The highest BCUT2D eigenvalue weighted by Crippen LogP contribution is 2.22. The first-order chi connectivity index (χ1) is 13.7. The highest BCUT2D eigenvalue weighted by molar-refractivity contribution is 9.10. The van der Waals surface area contributed by atoms with Crippen LogP contribution in [0.5, 0.6) is 0 Å². The largest absolute Gasteiger partial charge is 0.436 e. The number of nitrogens with zero attached hydrogens (tertiary/aromatic N) is 1. The van der Waals surface area contributed by atoms with Crippen LogP contribution in [0.15, 0.2) is 98.9 Å². The second kappa shape index (κ2) is 8.37. The van der Waals surface area contributed by atoms with Crippen molar-refractivity contribution in [3.8, 4) is 11.1 Å². The van der Waals surface area contributed by atoms with E-state index >= 15 is 0 Å². The Hall–Kier alpha value is -2.96. The van der Waals surface area contributed by atoms with Gasteiger partial charge in [0.25, 0.3) is 0 Å². The van der Waals surface area contributed by atoms with Gasteiger partial charge in [-0.15, -0.1) is 5.10 Å². The maximum Gasteiger partial charge on any atom is 0.244 e. The minimum atomic E-state index is 0.385. The van der Waals surface area contributed by atoms with Gasteiger partial charge in [-0.25, -0.2) is 5.43 Å². The SMILES string of the molecule is S=C(N/N=c1/oc2ccccc2cc1-c1ccc(Br)cc1)Nc1ccccc1. The summed E-state index contributed by atoms with van der Waals surface area (Å²) in [6.07, 6.45) is 0. The average molecular weight is 450 g/mol. The molecule has 0 aliphatic heterocycles. The number of hydrogen-bond acceptors (Lipinski definition) is 3. The fraction of sp³-hybridized carbons (Fsp3) is 0. The van der Waals surface area contributed by atoms with Gasteiger partial charge in [0.05, 0.1) is 0 Å². The Balaban J connectivity index is 1.71. The molecule has 4 rings (SSSR count). The second-order valence-electron chi connectivity index (χ2n) is 6.05. The van der Waals surface area contributed by atoms with E-state index < -0.39 is 0 Å². The van der Waals surface area contributed by atoms with E-state index in [4.69, 9.17) is 16.6 Å². The molecule has 4 aromatic rings. The van der Waals surface area contributed by atoms with Crippen LogP contribution in [0, 0.1) is 0 Å². The Kier molecular flexibility index (Phi) is 5.50. The van der Waals surface area contributed by atoms with E-state index in [9.17, 15) is 0 Å². The Morgan fingerprint density at radius 3 is 2.39 bits per heavy atom. The fourth-order valence-corrected chi connectivity index (χ4v) is 3.20. The zero-order chi connectivity index (χ0) is 19.3. The van der Waals surface area contributed by atoms with Crippen molar-refractivity contribution in [1.29, 1.82) is 0 Å². The predicted molar refractivity (Wildman–Crippen MR) is 121 cm³/mol. The summed E-state index contributed by atoms with van der Waals surface area (Å²) in [4.78, 5) is 0. The minimum Gasteiger partial charge on any atom is -0.436 e. The van der Waals surface area contributed by atoms with Crippen molar-refractivity contribution in [2.24, 2.45) is 5.10 Å². The molecule has 0 fully saturated rings. The van der Waals surface area contributed by atoms with E-state index in [1.165, 1.54) is 0 Å². The van der Waals surface area contributed by atoms with Crippen LogP contribution in [-0.4, -0.2) is 5.11 Å². The lowest BCUT2D eigenvalue weighted by Crippen LogP contribution is -2.26. The molecule has 0 atom stereocenters. The first kappa shape index (κ1) is 18.4. The van der Waals surface area contributed by atoms with Crippen molar-refractivity contribution < 1.29 is 4.42 Å². The summed E-state index contributed by atoms with van der Waals surface area (Å²) in [6.45, 7) is 0. The number of hydrogen-bond donors (Lipinski definition) is 2. The van der Waals surface area contributed by atoms with E-state index in [2.05, 4.69) is 37.8 Å². The number of rotatable bonds is 3. The second-order valence-corrected chi connectivity index (χ2v) is 7.38. The van der Waals surface area contributed by atoms with E-state index in [0.717, 1.165) is 32.3 Å². The summed E-state index contributed by atoms with van der Waals surface area (Å²) < 4.78 is 7.06. The molecule has 138 valence electrons. The summed E-state index contributed by atoms with van der Waals surface area (Å²) in [5.41, 5.74) is 6.85. The first-order valence-corrected chi connectivity index (χ1v) is 9.84. The van der Waals surface area contributed by atoms with Gasteiger partial charge in [-0.2, -0.15) is 0 Å². The van der Waals surface area contributed by atoms with Crippen molar-refractivity contribution >= 4 is 49.9 Å². The molecule has 2 N–H and O–H groups in total. The van der Waals surface area contributed by atoms with E-state index in [1.807, 2.05) is 78.9 Å². The maximum atomic E-state index is 6.05. The lowest BCUT2D eigenvalue weighted by atomic mass is 10.1. The normalized spacial score (nSPS) is 11.4. The Bertz CT molecular complexity index is 1190. The van der Waals surface area contributed by atoms with Gasteiger partial charge < -0.3 is 9.73 Å². The summed E-state index contributed by atoms with van der Waals surface area (Å²) in [6, 6.07) is 27.6. The molecular formula is C22H16BrN3OS. The van der Waals surface area contributed by atoms with E-state index in [1.54, 1.807) is 0 Å². The number of anilines is 1. The molecule has 28 heavy (non-hydrogen) atoms. The van der Waals surface area contributed by atoms with Crippen LogP contribution in [0.2, 0.25) is 0 Å². The number of benzene rings is 3. The molecule has 1 aromatic heterocycles. The van der Waals surface area contributed by atoms with Gasteiger partial charge in [-0.1, -0.05) is 64.5 Å². The quantitative estimate of drug-likeness (QED) is 0.312. The maximum absolute atomic E-state index is 6.05. The molecule has 4 nitrogen and oxygen atoms in total. The van der Waals surface area contributed by atoms with Crippen molar-refractivity contribution in [2.75, 3.05) is 5.32 Å². The molecule has 0 bridgehead atoms. The Labute approximate surface area is 176 Å². The van der Waals surface area contributed by atoms with Crippen LogP contribution in [0.3, 0.4) is 0 Å². The smallest absolute Gasteiger partial charge is 0.244 e. The van der Waals surface area contributed by atoms with Crippen molar-refractivity contribution in [3.05, 3.63) is 95.0 Å². The molecule has 1 heterocycles. The summed E-state index contributed by atoms with van der Waals surface area (Å²) in [5.74, 6) is 0. The van der Waals surface area contributed by atoms with Gasteiger partial charge in [-0.3, -0.25) is 0 Å². The van der Waals surface area contributed by atoms with Crippen molar-refractivity contribution in [2.45, 2.75) is 0 Å². The molecule has 3 aromatic carbocycles. The number of halogens is 1. The first-order valence-electron chi connectivity index (χ1n) is 8.64. The fourth-order valence-electron chi connectivity index (χ4n) is 2.77. The van der Waals surface area contributed by atoms with Crippen LogP contribution in [0.1, 0.15) is 0 Å². The lowest BCUT2D eigenvalue weighted by molar-refractivity contribution is 0.533. The molecule has 0 saturated heterocycles. The monoisotopic (exact) mass is 449 g/mol. The summed E-state index contributed by atoms with van der Waals surface area (Å²) in [5, 5.41) is 8.90. The Morgan fingerprint density at radius 1 is 0.893 bits per heavy atom. The van der Waals surface area contributed by atoms with Crippen molar-refractivity contribution in [1.82, 2.24) is 5.43 Å². The van der Waals surface area contributed by atoms with Crippen LogP contribution >= 0.6 is 28.1 Å². The average Bonchev–Trinajstić information content (AvgIpc) is 2.73. The van der Waals surface area contributed by atoms with Gasteiger partial charge in [-0.05, 0) is 54.2 Å². The zero-order valence-corrected chi connectivity index (χ0v) is 17.1. The van der Waals surface area contributed by atoms with Gasteiger partial charge in [0.1, 0.15) is 5.58 Å². The molecule has 6 heteroatoms. The molecule has 0 saturated carbocycles. The van der Waals surface area contributed by atoms with Gasteiger partial charge in [0, 0.05) is 21.1 Å². The Morgan fingerprint density at radius 2 is 1.61 bits per heavy atom.